The summed E-state index contributed by atoms with van der Waals surface area (Å²) in [5, 5.41) is 3.15. The Labute approximate surface area is 248 Å². The Hall–Kier alpha value is -3.27. The van der Waals surface area contributed by atoms with Crippen LogP contribution in [0.3, 0.4) is 0 Å². The molecule has 5 rings (SSSR count). The van der Waals surface area contributed by atoms with Crippen LogP contribution in [-0.2, 0) is 0 Å². The number of likely N-dealkylation sites (tertiary alicyclic amines) is 1. The van der Waals surface area contributed by atoms with E-state index in [0.717, 1.165) is 35.5 Å². The molecule has 1 N–H and O–H groups in total. The number of thiazole rings is 1. The summed E-state index contributed by atoms with van der Waals surface area (Å²) in [6.45, 7) is 12.8. The van der Waals surface area contributed by atoms with Crippen LogP contribution in [-0.4, -0.2) is 53.4 Å². The molecule has 0 aliphatic carbocycles. The highest BCUT2D eigenvalue weighted by Gasteiger charge is 2.23. The molecule has 0 spiro atoms. The molecule has 0 bridgehead atoms. The van der Waals surface area contributed by atoms with Crippen LogP contribution in [0.15, 0.2) is 75.5 Å². The molecule has 3 heterocycles. The highest BCUT2D eigenvalue weighted by atomic mass is 32.2. The van der Waals surface area contributed by atoms with Crippen molar-refractivity contribution in [2.75, 3.05) is 31.9 Å². The van der Waals surface area contributed by atoms with Crippen molar-refractivity contribution >= 4 is 61.2 Å². The number of benzene rings is 2. The molecule has 0 unspecified atom stereocenters. The summed E-state index contributed by atoms with van der Waals surface area (Å²) in [6, 6.07) is 10.8. The smallest absolute Gasteiger partial charge is 0.258 e. The van der Waals surface area contributed by atoms with Gasteiger partial charge < -0.3 is 10.2 Å². The third-order valence-corrected chi connectivity index (χ3v) is 9.10. The van der Waals surface area contributed by atoms with Crippen molar-refractivity contribution in [3.05, 3.63) is 82.4 Å². The number of halogens is 1. The van der Waals surface area contributed by atoms with Crippen LogP contribution in [0.5, 0.6) is 0 Å². The molecule has 41 heavy (non-hydrogen) atoms. The number of nitrogens with zero attached hydrogens (tertiary/aromatic N) is 3. The van der Waals surface area contributed by atoms with E-state index in [9.17, 15) is 9.59 Å². The second-order valence-electron chi connectivity index (χ2n) is 9.41. The minimum absolute atomic E-state index is 0.0720. The van der Waals surface area contributed by atoms with E-state index in [1.165, 1.54) is 42.0 Å². The monoisotopic (exact) mass is 592 g/mol. The van der Waals surface area contributed by atoms with Gasteiger partial charge in [-0.2, -0.15) is 0 Å². The molecule has 1 saturated heterocycles. The van der Waals surface area contributed by atoms with E-state index >= 15 is 4.39 Å². The summed E-state index contributed by atoms with van der Waals surface area (Å²) >= 11 is 2.79. The number of aromatic nitrogens is 1. The summed E-state index contributed by atoms with van der Waals surface area (Å²) in [7, 11) is 0. The fourth-order valence-electron chi connectivity index (χ4n) is 4.96. The average Bonchev–Trinajstić information content (AvgIpc) is 3.64. The summed E-state index contributed by atoms with van der Waals surface area (Å²) < 4.78 is 18.2. The Morgan fingerprint density at radius 1 is 1.20 bits per heavy atom. The lowest BCUT2D eigenvalue weighted by Crippen LogP contribution is -2.35. The second kappa shape index (κ2) is 14.6. The fourth-order valence-corrected chi connectivity index (χ4v) is 7.08. The summed E-state index contributed by atoms with van der Waals surface area (Å²) in [5.74, 6) is -0.264. The zero-order valence-electron chi connectivity index (χ0n) is 23.9. The first kappa shape index (κ1) is 30.7. The number of allylic oxidation sites excluding steroid dienone is 3. The first-order valence-electron chi connectivity index (χ1n) is 14.1. The van der Waals surface area contributed by atoms with Gasteiger partial charge in [-0.3, -0.25) is 19.0 Å². The lowest BCUT2D eigenvalue weighted by atomic mass is 10.1. The van der Waals surface area contributed by atoms with E-state index in [1.54, 1.807) is 18.4 Å². The van der Waals surface area contributed by atoms with Crippen molar-refractivity contribution in [2.45, 2.75) is 44.9 Å². The minimum atomic E-state index is -0.471. The van der Waals surface area contributed by atoms with Crippen molar-refractivity contribution in [2.24, 2.45) is 4.99 Å². The van der Waals surface area contributed by atoms with Crippen LogP contribution < -0.4 is 10.7 Å². The third-order valence-electron chi connectivity index (χ3n) is 6.93. The van der Waals surface area contributed by atoms with Gasteiger partial charge in [0.2, 0.25) is 5.43 Å². The topological polar surface area (TPSA) is 66.2 Å². The molecule has 0 saturated carbocycles. The predicted octanol–water partition coefficient (Wildman–Crippen LogP) is 7.30. The summed E-state index contributed by atoms with van der Waals surface area (Å²) in [5.41, 5.74) is 2.00. The van der Waals surface area contributed by atoms with Gasteiger partial charge >= 0.3 is 0 Å². The van der Waals surface area contributed by atoms with E-state index in [1.807, 2.05) is 55.5 Å². The fraction of sp³-hybridized carbons (Fsp3) is 0.344. The molecule has 2 aromatic carbocycles. The molecule has 1 aliphatic heterocycles. The molecule has 0 atom stereocenters. The van der Waals surface area contributed by atoms with E-state index in [2.05, 4.69) is 21.8 Å². The number of para-hydroxylation sites is 1. The number of amides is 1. The Kier molecular flexibility index (Phi) is 10.9. The zero-order valence-corrected chi connectivity index (χ0v) is 25.5. The standard InChI is InChI=1S/C30H31FN4O2S2.C2H6/c1-3-12-32-20(4-2)11-17-38-26-19-24-21(18-22(26)31)28(36)27(29(37)33-13-16-34-14-7-8-15-34)30-35(24)23-9-5-6-10-25(23)39-30;1-2/h3-6,9-10,12,18-19H,1,7-8,11,13-17H2,2H3,(H,33,37);1-2H3/b20-4-,32-12?;. The molecule has 1 fully saturated rings. The Morgan fingerprint density at radius 2 is 1.95 bits per heavy atom. The zero-order chi connectivity index (χ0) is 29.4. The number of aliphatic imine (C=N–C) groups is 1. The van der Waals surface area contributed by atoms with Crippen LogP contribution in [0.4, 0.5) is 4.39 Å². The van der Waals surface area contributed by atoms with Gasteiger partial charge in [-0.05, 0) is 63.5 Å². The lowest BCUT2D eigenvalue weighted by molar-refractivity contribution is 0.0950. The van der Waals surface area contributed by atoms with E-state index in [-0.39, 0.29) is 10.9 Å². The largest absolute Gasteiger partial charge is 0.351 e. The minimum Gasteiger partial charge on any atom is -0.351 e. The third kappa shape index (κ3) is 6.80. The summed E-state index contributed by atoms with van der Waals surface area (Å²) in [6.07, 6.45) is 8.20. The van der Waals surface area contributed by atoms with Gasteiger partial charge in [0, 0.05) is 41.0 Å². The Balaban J connectivity index is 0.00000189. The van der Waals surface area contributed by atoms with Crippen molar-refractivity contribution in [3.63, 3.8) is 0 Å². The normalized spacial score (nSPS) is 14.2. The van der Waals surface area contributed by atoms with Crippen molar-refractivity contribution < 1.29 is 9.18 Å². The van der Waals surface area contributed by atoms with Crippen molar-refractivity contribution in [3.8, 4) is 0 Å². The van der Waals surface area contributed by atoms with Gasteiger partial charge in [0.15, 0.2) is 0 Å². The molecular weight excluding hydrogens is 556 g/mol. The predicted molar refractivity (Wildman–Crippen MR) is 174 cm³/mol. The van der Waals surface area contributed by atoms with Crippen LogP contribution in [0.25, 0.3) is 25.9 Å². The van der Waals surface area contributed by atoms with Crippen molar-refractivity contribution in [1.29, 1.82) is 0 Å². The number of hydrogen-bond acceptors (Lipinski definition) is 6. The number of carbonyl (C=O) groups excluding carboxylic acids is 1. The highest BCUT2D eigenvalue weighted by molar-refractivity contribution is 7.99. The molecular formula is C32H37FN4O2S2. The lowest BCUT2D eigenvalue weighted by Gasteiger charge is -2.15. The molecule has 216 valence electrons. The van der Waals surface area contributed by atoms with Gasteiger partial charge in [0.25, 0.3) is 5.91 Å². The van der Waals surface area contributed by atoms with Gasteiger partial charge in [0.1, 0.15) is 16.2 Å². The van der Waals surface area contributed by atoms with Gasteiger partial charge in [-0.1, -0.05) is 44.7 Å². The van der Waals surface area contributed by atoms with Crippen LogP contribution in [0.2, 0.25) is 0 Å². The van der Waals surface area contributed by atoms with E-state index in [4.69, 9.17) is 0 Å². The Morgan fingerprint density at radius 3 is 2.68 bits per heavy atom. The molecule has 1 aliphatic rings. The maximum Gasteiger partial charge on any atom is 0.258 e. The molecule has 0 radical (unpaired) electrons. The number of hydrogen-bond donors (Lipinski definition) is 1. The maximum atomic E-state index is 15.3. The van der Waals surface area contributed by atoms with Crippen LogP contribution in [0, 0.1) is 5.82 Å². The quantitative estimate of drug-likeness (QED) is 0.155. The summed E-state index contributed by atoms with van der Waals surface area (Å²) in [4.78, 5) is 34.8. The van der Waals surface area contributed by atoms with Gasteiger partial charge in [-0.25, -0.2) is 4.39 Å². The Bertz CT molecular complexity index is 1670. The van der Waals surface area contributed by atoms with E-state index < -0.39 is 17.2 Å². The number of pyridine rings is 1. The second-order valence-corrected chi connectivity index (χ2v) is 11.6. The van der Waals surface area contributed by atoms with Crippen molar-refractivity contribution in [1.82, 2.24) is 14.6 Å². The van der Waals surface area contributed by atoms with Crippen LogP contribution in [0.1, 0.15) is 50.4 Å². The maximum absolute atomic E-state index is 15.3. The first-order valence-corrected chi connectivity index (χ1v) is 15.9. The molecule has 4 aromatic rings. The molecule has 2 aromatic heterocycles. The van der Waals surface area contributed by atoms with Gasteiger partial charge in [-0.15, -0.1) is 23.1 Å². The first-order chi connectivity index (χ1) is 20.0. The highest BCUT2D eigenvalue weighted by Crippen LogP contribution is 2.34. The number of nitrogens with one attached hydrogen (secondary N) is 1. The molecule has 9 heteroatoms. The number of rotatable bonds is 10. The average molecular weight is 593 g/mol. The van der Waals surface area contributed by atoms with E-state index in [0.29, 0.717) is 34.0 Å². The van der Waals surface area contributed by atoms with Gasteiger partial charge in [0.05, 0.1) is 15.7 Å². The SMILES string of the molecule is C=CC=N/C(=C\C)CCSc1cc2c(cc1F)c(=O)c(C(=O)NCCN1CCCC1)c1sc3ccccc3n12.CC. The molecule has 6 nitrogen and oxygen atoms in total. The molecule has 1 amide bonds. The number of thioether (sulfide) groups is 1. The number of carbonyl (C=O) groups is 1. The number of fused-ring (bicyclic) bond motifs is 5. The van der Waals surface area contributed by atoms with Crippen LogP contribution >= 0.6 is 23.1 Å².